The number of aromatic nitrogens is 1. The predicted octanol–water partition coefficient (Wildman–Crippen LogP) is 2.87. The summed E-state index contributed by atoms with van der Waals surface area (Å²) in [7, 11) is 0. The predicted molar refractivity (Wildman–Crippen MR) is 56.8 cm³/mol. The standard InChI is InChI=1S/C8H2ClF2IN2O/c9-6(15)4-1-3(2-13)8(12)14-5(4)7(10)11/h1,7H. The number of halogens is 4. The van der Waals surface area contributed by atoms with Gasteiger partial charge in [-0.2, -0.15) is 5.26 Å². The number of carbonyl (C=O) groups excluding carboxylic acids is 1. The zero-order chi connectivity index (χ0) is 11.6. The normalized spacial score (nSPS) is 10.1. The lowest BCUT2D eigenvalue weighted by atomic mass is 10.1. The minimum atomic E-state index is -2.90. The maximum atomic E-state index is 12.4. The molecule has 1 aromatic rings. The van der Waals surface area contributed by atoms with Gasteiger partial charge in [0.1, 0.15) is 15.5 Å². The van der Waals surface area contributed by atoms with Crippen LogP contribution in [-0.2, 0) is 0 Å². The molecule has 0 aliphatic carbocycles. The third-order valence-corrected chi connectivity index (χ3v) is 2.57. The van der Waals surface area contributed by atoms with Gasteiger partial charge in [-0.25, -0.2) is 13.8 Å². The van der Waals surface area contributed by atoms with Gasteiger partial charge in [0.05, 0.1) is 11.1 Å². The van der Waals surface area contributed by atoms with E-state index in [1.54, 1.807) is 28.7 Å². The Morgan fingerprint density at radius 3 is 2.67 bits per heavy atom. The number of rotatable bonds is 2. The summed E-state index contributed by atoms with van der Waals surface area (Å²) in [6.45, 7) is 0. The third kappa shape index (κ3) is 2.60. The first-order chi connectivity index (χ1) is 6.97. The summed E-state index contributed by atoms with van der Waals surface area (Å²) in [4.78, 5) is 14.3. The van der Waals surface area contributed by atoms with Crippen molar-refractivity contribution in [2.75, 3.05) is 0 Å². The number of hydrogen-bond donors (Lipinski definition) is 0. The van der Waals surface area contributed by atoms with Crippen LogP contribution in [0, 0.1) is 15.0 Å². The molecule has 0 aliphatic rings. The Labute approximate surface area is 102 Å². The second kappa shape index (κ2) is 4.81. The molecule has 0 saturated carbocycles. The van der Waals surface area contributed by atoms with E-state index in [2.05, 4.69) is 4.98 Å². The van der Waals surface area contributed by atoms with Crippen LogP contribution in [0.25, 0.3) is 0 Å². The van der Waals surface area contributed by atoms with E-state index in [0.717, 1.165) is 6.07 Å². The maximum absolute atomic E-state index is 12.4. The molecule has 1 rings (SSSR count). The van der Waals surface area contributed by atoms with Crippen molar-refractivity contribution >= 4 is 39.4 Å². The van der Waals surface area contributed by atoms with E-state index in [4.69, 9.17) is 16.9 Å². The average molecular weight is 342 g/mol. The van der Waals surface area contributed by atoms with Crippen LogP contribution < -0.4 is 0 Å². The molecule has 0 N–H and O–H groups in total. The number of alkyl halides is 2. The molecule has 0 saturated heterocycles. The lowest BCUT2D eigenvalue weighted by molar-refractivity contribution is 0.106. The second-order valence-electron chi connectivity index (χ2n) is 2.45. The van der Waals surface area contributed by atoms with Gasteiger partial charge < -0.3 is 0 Å². The molecule has 7 heteroatoms. The SMILES string of the molecule is N#Cc1cc(C(=O)Cl)c(C(F)F)nc1I. The van der Waals surface area contributed by atoms with Gasteiger partial charge in [-0.3, -0.25) is 4.79 Å². The quantitative estimate of drug-likeness (QED) is 0.472. The second-order valence-corrected chi connectivity index (χ2v) is 3.81. The van der Waals surface area contributed by atoms with Crippen LogP contribution in [0.1, 0.15) is 28.0 Å². The van der Waals surface area contributed by atoms with E-state index in [1.165, 1.54) is 0 Å². The number of nitrogens with zero attached hydrogens (tertiary/aromatic N) is 2. The Morgan fingerprint density at radius 1 is 1.67 bits per heavy atom. The van der Waals surface area contributed by atoms with Crippen LogP contribution in [0.2, 0.25) is 0 Å². The molecular weight excluding hydrogens is 340 g/mol. The molecule has 0 unspecified atom stereocenters. The number of hydrogen-bond acceptors (Lipinski definition) is 3. The highest BCUT2D eigenvalue weighted by Gasteiger charge is 2.21. The fraction of sp³-hybridized carbons (Fsp3) is 0.125. The maximum Gasteiger partial charge on any atom is 0.281 e. The van der Waals surface area contributed by atoms with Crippen molar-refractivity contribution in [2.45, 2.75) is 6.43 Å². The van der Waals surface area contributed by atoms with Gasteiger partial charge in [0.25, 0.3) is 11.7 Å². The Bertz CT molecular complexity index is 459. The summed E-state index contributed by atoms with van der Waals surface area (Å²) >= 11 is 6.75. The Kier molecular flexibility index (Phi) is 3.93. The first-order valence-electron chi connectivity index (χ1n) is 3.56. The lowest BCUT2D eigenvalue weighted by Crippen LogP contribution is -2.05. The highest BCUT2D eigenvalue weighted by atomic mass is 127. The van der Waals surface area contributed by atoms with Crippen molar-refractivity contribution in [2.24, 2.45) is 0 Å². The summed E-state index contributed by atoms with van der Waals surface area (Å²) in [6, 6.07) is 2.75. The van der Waals surface area contributed by atoms with Crippen molar-refractivity contribution in [1.29, 1.82) is 5.26 Å². The molecule has 0 spiro atoms. The van der Waals surface area contributed by atoms with E-state index in [-0.39, 0.29) is 9.26 Å². The molecule has 0 aliphatic heterocycles. The molecule has 0 radical (unpaired) electrons. The molecule has 0 bridgehead atoms. The Morgan fingerprint density at radius 2 is 2.27 bits per heavy atom. The van der Waals surface area contributed by atoms with Crippen molar-refractivity contribution in [3.63, 3.8) is 0 Å². The lowest BCUT2D eigenvalue weighted by Gasteiger charge is -2.05. The van der Waals surface area contributed by atoms with E-state index >= 15 is 0 Å². The van der Waals surface area contributed by atoms with Crippen LogP contribution >= 0.6 is 34.2 Å². The van der Waals surface area contributed by atoms with Crippen LogP contribution in [0.15, 0.2) is 6.07 Å². The Hall–Kier alpha value is -0.810. The summed E-state index contributed by atoms with van der Waals surface area (Å²) in [5, 5.41) is 7.57. The van der Waals surface area contributed by atoms with E-state index in [0.29, 0.717) is 0 Å². The van der Waals surface area contributed by atoms with Crippen molar-refractivity contribution in [3.05, 3.63) is 26.6 Å². The molecule has 0 amide bonds. The molecule has 1 aromatic heterocycles. The fourth-order valence-corrected chi connectivity index (χ4v) is 1.59. The Balaban J connectivity index is 3.47. The van der Waals surface area contributed by atoms with Crippen molar-refractivity contribution in [1.82, 2.24) is 4.98 Å². The average Bonchev–Trinajstić information content (AvgIpc) is 2.16. The van der Waals surface area contributed by atoms with Gasteiger partial charge >= 0.3 is 0 Å². The minimum Gasteiger partial charge on any atom is -0.276 e. The van der Waals surface area contributed by atoms with Crippen LogP contribution in [0.5, 0.6) is 0 Å². The molecule has 0 fully saturated rings. The molecular formula is C8H2ClF2IN2O. The monoisotopic (exact) mass is 342 g/mol. The summed E-state index contributed by atoms with van der Waals surface area (Å²) < 4.78 is 25.0. The van der Waals surface area contributed by atoms with Gasteiger partial charge in [0.15, 0.2) is 0 Å². The fourth-order valence-electron chi connectivity index (χ4n) is 0.906. The highest BCUT2D eigenvalue weighted by molar-refractivity contribution is 14.1. The molecule has 0 atom stereocenters. The van der Waals surface area contributed by atoms with Gasteiger partial charge in [-0.05, 0) is 40.3 Å². The smallest absolute Gasteiger partial charge is 0.276 e. The summed E-state index contributed by atoms with van der Waals surface area (Å²) in [6.07, 6.45) is -2.90. The van der Waals surface area contributed by atoms with Gasteiger partial charge in [0.2, 0.25) is 0 Å². The van der Waals surface area contributed by atoms with Gasteiger partial charge in [-0.15, -0.1) is 0 Å². The van der Waals surface area contributed by atoms with Gasteiger partial charge in [0, 0.05) is 0 Å². The topological polar surface area (TPSA) is 53.8 Å². The summed E-state index contributed by atoms with van der Waals surface area (Å²) in [5.41, 5.74) is -1.08. The van der Waals surface area contributed by atoms with Crippen LogP contribution in [0.4, 0.5) is 8.78 Å². The molecule has 3 nitrogen and oxygen atoms in total. The number of nitriles is 1. The van der Waals surface area contributed by atoms with E-state index < -0.39 is 22.9 Å². The van der Waals surface area contributed by atoms with Crippen molar-refractivity contribution < 1.29 is 13.6 Å². The zero-order valence-electron chi connectivity index (χ0n) is 6.97. The van der Waals surface area contributed by atoms with Crippen LogP contribution in [-0.4, -0.2) is 10.2 Å². The minimum absolute atomic E-state index is 0.0454. The zero-order valence-corrected chi connectivity index (χ0v) is 9.88. The van der Waals surface area contributed by atoms with Crippen molar-refractivity contribution in [3.8, 4) is 6.07 Å². The molecule has 78 valence electrons. The first-order valence-corrected chi connectivity index (χ1v) is 5.01. The van der Waals surface area contributed by atoms with E-state index in [9.17, 15) is 13.6 Å². The molecule has 15 heavy (non-hydrogen) atoms. The van der Waals surface area contributed by atoms with Crippen LogP contribution in [0.3, 0.4) is 0 Å². The van der Waals surface area contributed by atoms with Gasteiger partial charge in [-0.1, -0.05) is 0 Å². The highest BCUT2D eigenvalue weighted by Crippen LogP contribution is 2.25. The first kappa shape index (κ1) is 12.3. The van der Waals surface area contributed by atoms with E-state index in [1.807, 2.05) is 0 Å². The number of carbonyl (C=O) groups is 1. The molecule has 0 aromatic carbocycles. The molecule has 1 heterocycles. The summed E-state index contributed by atoms with van der Waals surface area (Å²) in [5.74, 6) is 0. The largest absolute Gasteiger partial charge is 0.281 e. The number of pyridine rings is 1. The third-order valence-electron chi connectivity index (χ3n) is 1.54.